The highest BCUT2D eigenvalue weighted by Crippen LogP contribution is 2.33. The minimum Gasteiger partial charge on any atom is -0.278 e. The van der Waals surface area contributed by atoms with E-state index in [0.717, 1.165) is 12.1 Å². The SMILES string of the molecule is Cc1ccc(S(=O)(=O)Nc2cccc([N+](=O)[O-])c2Cl)cc1[N+](=O)[O-]. The molecule has 9 nitrogen and oxygen atoms in total. The lowest BCUT2D eigenvalue weighted by Crippen LogP contribution is -2.14. The van der Waals surface area contributed by atoms with Gasteiger partial charge < -0.3 is 0 Å². The van der Waals surface area contributed by atoms with Crippen molar-refractivity contribution in [1.29, 1.82) is 0 Å². The van der Waals surface area contributed by atoms with Gasteiger partial charge in [0.05, 0.1) is 20.4 Å². The molecular formula is C13H10ClN3O6S. The van der Waals surface area contributed by atoms with Crippen molar-refractivity contribution in [2.24, 2.45) is 0 Å². The van der Waals surface area contributed by atoms with Crippen molar-refractivity contribution in [3.63, 3.8) is 0 Å². The summed E-state index contributed by atoms with van der Waals surface area (Å²) in [6, 6.07) is 7.02. The Kier molecular flexibility index (Phi) is 4.71. The zero-order chi connectivity index (χ0) is 18.1. The lowest BCUT2D eigenvalue weighted by molar-refractivity contribution is -0.385. The predicted octanol–water partition coefficient (Wildman–Crippen LogP) is 3.27. The Hall–Kier alpha value is -2.72. The summed E-state index contributed by atoms with van der Waals surface area (Å²) in [4.78, 5) is 20.0. The van der Waals surface area contributed by atoms with E-state index in [1.807, 2.05) is 0 Å². The molecule has 0 heterocycles. The molecule has 126 valence electrons. The lowest BCUT2D eigenvalue weighted by atomic mass is 10.2. The molecule has 0 saturated carbocycles. The summed E-state index contributed by atoms with van der Waals surface area (Å²) in [5, 5.41) is 21.4. The van der Waals surface area contributed by atoms with Crippen LogP contribution in [0.4, 0.5) is 17.1 Å². The highest BCUT2D eigenvalue weighted by Gasteiger charge is 2.23. The molecule has 1 N–H and O–H groups in total. The highest BCUT2D eigenvalue weighted by atomic mass is 35.5. The van der Waals surface area contributed by atoms with Crippen LogP contribution in [0.5, 0.6) is 0 Å². The number of anilines is 1. The van der Waals surface area contributed by atoms with Gasteiger partial charge in [0.1, 0.15) is 5.02 Å². The van der Waals surface area contributed by atoms with Crippen molar-refractivity contribution in [2.75, 3.05) is 4.72 Å². The van der Waals surface area contributed by atoms with Gasteiger partial charge in [0.15, 0.2) is 0 Å². The first kappa shape index (κ1) is 17.6. The first-order valence-electron chi connectivity index (χ1n) is 6.34. The minimum absolute atomic E-state index is 0.200. The van der Waals surface area contributed by atoms with Crippen molar-refractivity contribution in [3.8, 4) is 0 Å². The third kappa shape index (κ3) is 3.44. The molecule has 0 aliphatic heterocycles. The smallest absolute Gasteiger partial charge is 0.278 e. The summed E-state index contributed by atoms with van der Waals surface area (Å²) in [6.45, 7) is 1.47. The van der Waals surface area contributed by atoms with Crippen LogP contribution in [0.1, 0.15) is 5.56 Å². The zero-order valence-corrected chi connectivity index (χ0v) is 13.7. The average molecular weight is 372 g/mol. The average Bonchev–Trinajstić information content (AvgIpc) is 2.48. The fourth-order valence-electron chi connectivity index (χ4n) is 1.90. The molecule has 24 heavy (non-hydrogen) atoms. The first-order valence-corrected chi connectivity index (χ1v) is 8.20. The summed E-state index contributed by atoms with van der Waals surface area (Å²) in [5.74, 6) is 0. The van der Waals surface area contributed by atoms with E-state index in [2.05, 4.69) is 4.72 Å². The van der Waals surface area contributed by atoms with Crippen LogP contribution in [0.2, 0.25) is 5.02 Å². The van der Waals surface area contributed by atoms with Crippen LogP contribution in [0, 0.1) is 27.2 Å². The van der Waals surface area contributed by atoms with Crippen molar-refractivity contribution in [3.05, 3.63) is 67.2 Å². The van der Waals surface area contributed by atoms with E-state index >= 15 is 0 Å². The summed E-state index contributed by atoms with van der Waals surface area (Å²) < 4.78 is 26.8. The van der Waals surface area contributed by atoms with E-state index in [4.69, 9.17) is 11.6 Å². The monoisotopic (exact) mass is 371 g/mol. The molecule has 0 aliphatic carbocycles. The number of hydrogen-bond acceptors (Lipinski definition) is 6. The van der Waals surface area contributed by atoms with Gasteiger partial charge in [0.25, 0.3) is 21.4 Å². The summed E-state index contributed by atoms with van der Waals surface area (Å²) in [7, 11) is -4.21. The van der Waals surface area contributed by atoms with Gasteiger partial charge in [-0.3, -0.25) is 25.0 Å². The second-order valence-corrected chi connectivity index (χ2v) is 6.77. The Morgan fingerprint density at radius 1 is 1.04 bits per heavy atom. The fraction of sp³-hybridized carbons (Fsp3) is 0.0769. The summed E-state index contributed by atoms with van der Waals surface area (Å²) in [5.41, 5.74) is -0.726. The molecule has 0 aromatic heterocycles. The van der Waals surface area contributed by atoms with E-state index in [-0.39, 0.29) is 21.3 Å². The number of hydrogen-bond donors (Lipinski definition) is 1. The number of aryl methyl sites for hydroxylation is 1. The van der Waals surface area contributed by atoms with Gasteiger partial charge in [0.2, 0.25) is 0 Å². The number of halogens is 1. The van der Waals surface area contributed by atoms with Crippen LogP contribution in [-0.4, -0.2) is 18.3 Å². The van der Waals surface area contributed by atoms with Gasteiger partial charge in [0, 0.05) is 17.7 Å². The van der Waals surface area contributed by atoms with Crippen LogP contribution in [0.15, 0.2) is 41.3 Å². The highest BCUT2D eigenvalue weighted by molar-refractivity contribution is 7.92. The quantitative estimate of drug-likeness (QED) is 0.633. The molecule has 2 aromatic rings. The van der Waals surface area contributed by atoms with Gasteiger partial charge in [-0.2, -0.15) is 0 Å². The Morgan fingerprint density at radius 3 is 2.25 bits per heavy atom. The number of rotatable bonds is 5. The van der Waals surface area contributed by atoms with E-state index in [1.165, 1.54) is 31.2 Å². The largest absolute Gasteiger partial charge is 0.290 e. The molecule has 0 spiro atoms. The maximum Gasteiger partial charge on any atom is 0.290 e. The Labute approximate surface area is 141 Å². The Balaban J connectivity index is 2.47. The molecule has 0 radical (unpaired) electrons. The standard InChI is InChI=1S/C13H10ClN3O6S/c1-8-5-6-9(7-12(8)17(20)21)24(22,23)15-10-3-2-4-11(13(10)14)16(18)19/h2-7,15H,1H3. The lowest BCUT2D eigenvalue weighted by Gasteiger charge is -2.10. The number of benzene rings is 2. The number of nitrogens with one attached hydrogen (secondary N) is 1. The molecule has 0 amide bonds. The normalized spacial score (nSPS) is 11.1. The zero-order valence-electron chi connectivity index (χ0n) is 12.1. The maximum absolute atomic E-state index is 12.4. The van der Waals surface area contributed by atoms with Crippen LogP contribution >= 0.6 is 11.6 Å². The number of nitro benzene ring substituents is 2. The third-order valence-corrected chi connectivity index (χ3v) is 4.87. The van der Waals surface area contributed by atoms with E-state index in [1.54, 1.807) is 0 Å². The van der Waals surface area contributed by atoms with E-state index < -0.39 is 25.6 Å². The molecule has 0 unspecified atom stereocenters. The summed E-state index contributed by atoms with van der Waals surface area (Å²) in [6.07, 6.45) is 0. The van der Waals surface area contributed by atoms with Crippen molar-refractivity contribution < 1.29 is 18.3 Å². The predicted molar refractivity (Wildman–Crippen MR) is 86.7 cm³/mol. The molecule has 0 atom stereocenters. The number of nitro groups is 2. The molecule has 2 aromatic carbocycles. The van der Waals surface area contributed by atoms with Crippen molar-refractivity contribution in [1.82, 2.24) is 0 Å². The van der Waals surface area contributed by atoms with E-state index in [0.29, 0.717) is 5.56 Å². The molecule has 11 heteroatoms. The van der Waals surface area contributed by atoms with E-state index in [9.17, 15) is 28.6 Å². The van der Waals surface area contributed by atoms with Gasteiger partial charge in [-0.25, -0.2) is 8.42 Å². The third-order valence-electron chi connectivity index (χ3n) is 3.11. The first-order chi connectivity index (χ1) is 11.1. The molecule has 0 fully saturated rings. The molecule has 2 rings (SSSR count). The molecular weight excluding hydrogens is 362 g/mol. The van der Waals surface area contributed by atoms with Gasteiger partial charge >= 0.3 is 0 Å². The minimum atomic E-state index is -4.21. The second kappa shape index (κ2) is 6.42. The number of sulfonamides is 1. The summed E-state index contributed by atoms with van der Waals surface area (Å²) >= 11 is 5.83. The van der Waals surface area contributed by atoms with Gasteiger partial charge in [-0.1, -0.05) is 23.7 Å². The number of nitrogens with zero attached hydrogens (tertiary/aromatic N) is 2. The van der Waals surface area contributed by atoms with Gasteiger partial charge in [-0.15, -0.1) is 0 Å². The maximum atomic E-state index is 12.4. The topological polar surface area (TPSA) is 132 Å². The molecule has 0 aliphatic rings. The fourth-order valence-corrected chi connectivity index (χ4v) is 3.29. The second-order valence-electron chi connectivity index (χ2n) is 4.71. The van der Waals surface area contributed by atoms with Crippen LogP contribution in [-0.2, 0) is 10.0 Å². The van der Waals surface area contributed by atoms with Crippen molar-refractivity contribution in [2.45, 2.75) is 11.8 Å². The van der Waals surface area contributed by atoms with Crippen LogP contribution in [0.25, 0.3) is 0 Å². The van der Waals surface area contributed by atoms with Crippen molar-refractivity contribution >= 4 is 38.7 Å². The Morgan fingerprint density at radius 2 is 1.67 bits per heavy atom. The Bertz CT molecular complexity index is 945. The molecule has 0 bridgehead atoms. The molecule has 0 saturated heterocycles. The van der Waals surface area contributed by atoms with Gasteiger partial charge in [-0.05, 0) is 19.1 Å². The van der Waals surface area contributed by atoms with Crippen LogP contribution < -0.4 is 4.72 Å². The van der Waals surface area contributed by atoms with Crippen LogP contribution in [0.3, 0.4) is 0 Å².